The van der Waals surface area contributed by atoms with Crippen LogP contribution in [0, 0.1) is 34.5 Å². The monoisotopic (exact) mass is 878 g/mol. The van der Waals surface area contributed by atoms with Crippen molar-refractivity contribution in [2.24, 2.45) is 34.5 Å². The van der Waals surface area contributed by atoms with Crippen LogP contribution in [0.4, 0.5) is 18.0 Å². The molecular weight excluding hydrogens is 800 g/mol. The lowest BCUT2D eigenvalue weighted by Gasteiger charge is -2.45. The number of alkyl halides is 3. The number of thioether (sulfide) groups is 1. The average Bonchev–Trinajstić information content (AvgIpc) is 3.46. The van der Waals surface area contributed by atoms with Gasteiger partial charge in [-0.05, 0) is 83.0 Å². The highest BCUT2D eigenvalue weighted by molar-refractivity contribution is 8.00. The summed E-state index contributed by atoms with van der Waals surface area (Å²) in [5.74, 6) is -2.10. The molecule has 6 atom stereocenters. The molecule has 60 heavy (non-hydrogen) atoms. The van der Waals surface area contributed by atoms with Gasteiger partial charge in [0.15, 0.2) is 0 Å². The Morgan fingerprint density at radius 1 is 0.883 bits per heavy atom. The zero-order chi connectivity index (χ0) is 45.5. The second-order valence-electron chi connectivity index (χ2n) is 19.5. The third-order valence-corrected chi connectivity index (χ3v) is 13.9. The lowest BCUT2D eigenvalue weighted by molar-refractivity contribution is -0.173. The fraction of sp³-hybridized carbons (Fsp3) is 0.889. The van der Waals surface area contributed by atoms with Gasteiger partial charge in [0.1, 0.15) is 24.0 Å². The normalized spacial score (nSPS) is 21.1. The third kappa shape index (κ3) is 17.7. The van der Waals surface area contributed by atoms with E-state index >= 15 is 0 Å². The van der Waals surface area contributed by atoms with Gasteiger partial charge in [0.2, 0.25) is 5.91 Å². The number of ether oxygens (including phenoxy) is 3. The highest BCUT2D eigenvalue weighted by atomic mass is 32.2. The van der Waals surface area contributed by atoms with Crippen molar-refractivity contribution < 1.29 is 51.4 Å². The number of hydrogen-bond donors (Lipinski definition) is 2. The summed E-state index contributed by atoms with van der Waals surface area (Å²) in [5.41, 5.74) is -1.50. The predicted molar refractivity (Wildman–Crippen MR) is 230 cm³/mol. The number of nitrogens with zero attached hydrogens (tertiary/aromatic N) is 1. The molecule has 0 aromatic carbocycles. The van der Waals surface area contributed by atoms with Gasteiger partial charge in [-0.15, -0.1) is 11.8 Å². The van der Waals surface area contributed by atoms with E-state index < -0.39 is 35.3 Å². The van der Waals surface area contributed by atoms with Crippen LogP contribution in [0.2, 0.25) is 0 Å². The second kappa shape index (κ2) is 24.3. The minimum atomic E-state index is -4.88. The first kappa shape index (κ1) is 53.6. The fourth-order valence-corrected chi connectivity index (χ4v) is 10.2. The predicted octanol–water partition coefficient (Wildman–Crippen LogP) is 9.29. The summed E-state index contributed by atoms with van der Waals surface area (Å²) in [7, 11) is 1.76. The highest BCUT2D eigenvalue weighted by Gasteiger charge is 2.52. The van der Waals surface area contributed by atoms with Crippen LogP contribution in [0.1, 0.15) is 153 Å². The van der Waals surface area contributed by atoms with Gasteiger partial charge in [0.05, 0.1) is 11.9 Å². The van der Waals surface area contributed by atoms with Crippen LogP contribution in [-0.2, 0) is 33.4 Å². The lowest BCUT2D eigenvalue weighted by atomic mass is 9.63. The van der Waals surface area contributed by atoms with E-state index in [1.807, 2.05) is 26.1 Å². The zero-order valence-electron chi connectivity index (χ0n) is 38.5. The number of amides is 3. The SMILES string of the molecule is CC[C@@H](C)C([C@@H]1[C@H](OC)CCC1(C)C)[C@@H](C[C@](C)(CCCCCCCCNC(=O)C(F)(F)F)C(=O)C(C)C)OC(=O)CSC1CCN(C(=O)CNC(=O)OC(C)(C)C)CC1. The number of esters is 1. The largest absolute Gasteiger partial charge is 0.471 e. The summed E-state index contributed by atoms with van der Waals surface area (Å²) < 4.78 is 55.4. The quantitative estimate of drug-likeness (QED) is 0.0718. The van der Waals surface area contributed by atoms with E-state index in [-0.39, 0.29) is 76.9 Å². The molecular formula is C45H78F3N3O8S. The van der Waals surface area contributed by atoms with Gasteiger partial charge < -0.3 is 29.7 Å². The number of hydrogen-bond acceptors (Lipinski definition) is 9. The first-order chi connectivity index (χ1) is 27.8. The van der Waals surface area contributed by atoms with Gasteiger partial charge in [-0.25, -0.2) is 4.79 Å². The van der Waals surface area contributed by atoms with Gasteiger partial charge in [0.25, 0.3) is 0 Å². The van der Waals surface area contributed by atoms with Crippen molar-refractivity contribution in [3.63, 3.8) is 0 Å². The summed E-state index contributed by atoms with van der Waals surface area (Å²) in [6.07, 6.45) is 3.58. The molecule has 2 fully saturated rings. The Morgan fingerprint density at radius 2 is 1.48 bits per heavy atom. The minimum Gasteiger partial charge on any atom is -0.461 e. The first-order valence-corrected chi connectivity index (χ1v) is 23.4. The molecule has 1 aliphatic carbocycles. The van der Waals surface area contributed by atoms with Crippen molar-refractivity contribution in [3.05, 3.63) is 0 Å². The number of unbranched alkanes of at least 4 members (excludes halogenated alkanes) is 5. The van der Waals surface area contributed by atoms with Crippen molar-refractivity contribution in [3.8, 4) is 0 Å². The number of nitrogens with one attached hydrogen (secondary N) is 2. The molecule has 15 heteroatoms. The van der Waals surface area contributed by atoms with Crippen LogP contribution in [0.5, 0.6) is 0 Å². The number of carbonyl (C=O) groups excluding carboxylic acids is 5. The lowest BCUT2D eigenvalue weighted by Crippen LogP contribution is -2.48. The van der Waals surface area contributed by atoms with Crippen LogP contribution in [0.3, 0.4) is 0 Å². The van der Waals surface area contributed by atoms with Crippen molar-refractivity contribution in [2.45, 2.75) is 182 Å². The number of Topliss-reactive ketones (excluding diaryl/α,β-unsaturated/α-hetero) is 1. The van der Waals surface area contributed by atoms with Gasteiger partial charge in [-0.1, -0.05) is 87.0 Å². The molecule has 2 N–H and O–H groups in total. The van der Waals surface area contributed by atoms with E-state index in [4.69, 9.17) is 14.2 Å². The molecule has 348 valence electrons. The minimum absolute atomic E-state index is 0.00403. The van der Waals surface area contributed by atoms with Crippen LogP contribution in [-0.4, -0.2) is 103 Å². The molecule has 1 saturated heterocycles. The Balaban J connectivity index is 2.17. The number of alkyl carbamates (subject to hydrolysis) is 1. The molecule has 1 saturated carbocycles. The molecule has 0 radical (unpaired) electrons. The van der Waals surface area contributed by atoms with Gasteiger partial charge >= 0.3 is 24.1 Å². The summed E-state index contributed by atoms with van der Waals surface area (Å²) >= 11 is 1.54. The van der Waals surface area contributed by atoms with E-state index in [9.17, 15) is 37.1 Å². The highest BCUT2D eigenvalue weighted by Crippen LogP contribution is 2.53. The Hall–Kier alpha value is -2.55. The fourth-order valence-electron chi connectivity index (χ4n) is 9.23. The number of halogens is 3. The summed E-state index contributed by atoms with van der Waals surface area (Å²) in [4.78, 5) is 65.8. The van der Waals surface area contributed by atoms with E-state index in [1.165, 1.54) is 0 Å². The molecule has 2 rings (SSSR count). The number of rotatable bonds is 24. The van der Waals surface area contributed by atoms with E-state index in [1.54, 1.807) is 44.5 Å². The number of piperidine rings is 1. The molecule has 11 nitrogen and oxygen atoms in total. The Kier molecular flexibility index (Phi) is 21.7. The Bertz CT molecular complexity index is 1380. The van der Waals surface area contributed by atoms with Crippen molar-refractivity contribution in [1.29, 1.82) is 0 Å². The zero-order valence-corrected chi connectivity index (χ0v) is 39.3. The van der Waals surface area contributed by atoms with Crippen LogP contribution < -0.4 is 10.6 Å². The van der Waals surface area contributed by atoms with E-state index in [0.717, 1.165) is 44.9 Å². The standard InChI is InChI=1S/C45H78F3N3O8S/c1-12-31(4)37(38-33(57-11)19-23-43(38,8)9)34(27-44(10,39(54)30(2)3)22-17-15-13-14-16-18-24-49-40(55)45(46,47)48)58-36(53)29-60-32-20-25-51(26-21-32)35(52)28-50-41(56)59-42(5,6)7/h30-34,37-38H,12-29H2,1-11H3,(H,49,55)(H,50,56)/t31-,33-,34-,37?,38+,44+/m1/s1. The maximum absolute atomic E-state index is 14.2. The van der Waals surface area contributed by atoms with Gasteiger partial charge in [-0.3, -0.25) is 19.2 Å². The third-order valence-electron chi connectivity index (χ3n) is 12.6. The van der Waals surface area contributed by atoms with Crippen LogP contribution in [0.15, 0.2) is 0 Å². The Labute approximate surface area is 362 Å². The summed E-state index contributed by atoms with van der Waals surface area (Å²) in [6, 6.07) is 0. The first-order valence-electron chi connectivity index (χ1n) is 22.3. The number of ketones is 1. The summed E-state index contributed by atoms with van der Waals surface area (Å²) in [5, 5.41) is 4.61. The van der Waals surface area contributed by atoms with E-state index in [2.05, 4.69) is 33.0 Å². The molecule has 1 aliphatic heterocycles. The number of methoxy groups -OCH3 is 1. The Morgan fingerprint density at radius 3 is 2.03 bits per heavy atom. The van der Waals surface area contributed by atoms with E-state index in [0.29, 0.717) is 51.6 Å². The second-order valence-corrected chi connectivity index (χ2v) is 20.8. The molecule has 1 heterocycles. The molecule has 0 bridgehead atoms. The van der Waals surface area contributed by atoms with Gasteiger partial charge in [0, 0.05) is 49.2 Å². The van der Waals surface area contributed by atoms with Crippen molar-refractivity contribution >= 4 is 41.4 Å². The van der Waals surface area contributed by atoms with Crippen molar-refractivity contribution in [2.75, 3.05) is 39.0 Å². The maximum Gasteiger partial charge on any atom is 0.471 e. The molecule has 1 unspecified atom stereocenters. The van der Waals surface area contributed by atoms with Crippen molar-refractivity contribution in [1.82, 2.24) is 15.5 Å². The van der Waals surface area contributed by atoms with Crippen LogP contribution in [0.25, 0.3) is 0 Å². The molecule has 0 spiro atoms. The maximum atomic E-state index is 14.2. The molecule has 0 aromatic heterocycles. The summed E-state index contributed by atoms with van der Waals surface area (Å²) in [6.45, 7) is 20.9. The number of likely N-dealkylation sites (tertiary alicyclic amines) is 1. The molecule has 3 amide bonds. The topological polar surface area (TPSA) is 140 Å². The smallest absolute Gasteiger partial charge is 0.461 e. The van der Waals surface area contributed by atoms with Crippen LogP contribution >= 0.6 is 11.8 Å². The average molecular weight is 878 g/mol. The molecule has 0 aromatic rings. The molecule has 2 aliphatic rings. The number of carbonyl (C=O) groups is 5. The van der Waals surface area contributed by atoms with Gasteiger partial charge in [-0.2, -0.15) is 13.2 Å².